The number of hydrogen-bond donors (Lipinski definition) is 1. The third kappa shape index (κ3) is 2.71. The maximum Gasteiger partial charge on any atom is 0.150 e. The Hall–Kier alpha value is -1.23. The summed E-state index contributed by atoms with van der Waals surface area (Å²) in [6, 6.07) is 0.609. The second kappa shape index (κ2) is 5.82. The molecule has 19 heavy (non-hydrogen) atoms. The first-order valence-corrected chi connectivity index (χ1v) is 7.35. The Morgan fingerprint density at radius 3 is 2.63 bits per heavy atom. The van der Waals surface area contributed by atoms with Crippen LogP contribution >= 0.6 is 0 Å². The van der Waals surface area contributed by atoms with Crippen LogP contribution in [-0.4, -0.2) is 47.4 Å². The van der Waals surface area contributed by atoms with Gasteiger partial charge in [-0.15, -0.1) is 0 Å². The topological polar surface area (TPSA) is 50.3 Å². The lowest BCUT2D eigenvalue weighted by Gasteiger charge is -2.40. The van der Waals surface area contributed by atoms with Crippen molar-refractivity contribution < 1.29 is 0 Å². The van der Waals surface area contributed by atoms with Gasteiger partial charge in [0.1, 0.15) is 0 Å². The van der Waals surface area contributed by atoms with Crippen molar-refractivity contribution in [2.24, 2.45) is 7.05 Å². The van der Waals surface area contributed by atoms with Crippen molar-refractivity contribution >= 4 is 11.5 Å². The molecule has 5 heteroatoms. The SMILES string of the molecule is CCCc1nn(C)c(N2CCN(C)C(CC)C2)c1N. The lowest BCUT2D eigenvalue weighted by atomic mass is 10.1. The van der Waals surface area contributed by atoms with Crippen LogP contribution in [0.3, 0.4) is 0 Å². The highest BCUT2D eigenvalue weighted by molar-refractivity contribution is 5.66. The van der Waals surface area contributed by atoms with Crippen LogP contribution in [0.4, 0.5) is 11.5 Å². The van der Waals surface area contributed by atoms with Crippen molar-refractivity contribution in [3.63, 3.8) is 0 Å². The van der Waals surface area contributed by atoms with Crippen molar-refractivity contribution in [2.75, 3.05) is 37.3 Å². The molecule has 0 amide bonds. The van der Waals surface area contributed by atoms with E-state index in [-0.39, 0.29) is 0 Å². The Labute approximate surface area is 116 Å². The highest BCUT2D eigenvalue weighted by atomic mass is 15.4. The first kappa shape index (κ1) is 14.2. The molecule has 0 aliphatic carbocycles. The van der Waals surface area contributed by atoms with E-state index in [0.717, 1.165) is 49.7 Å². The summed E-state index contributed by atoms with van der Waals surface area (Å²) in [6.45, 7) is 7.58. The fraction of sp³-hybridized carbons (Fsp3) is 0.786. The van der Waals surface area contributed by atoms with E-state index >= 15 is 0 Å². The average Bonchev–Trinajstić information content (AvgIpc) is 2.66. The molecule has 1 aliphatic rings. The van der Waals surface area contributed by atoms with Gasteiger partial charge < -0.3 is 10.6 Å². The van der Waals surface area contributed by atoms with Crippen molar-refractivity contribution in [3.8, 4) is 0 Å². The Kier molecular flexibility index (Phi) is 4.34. The number of nitrogen functional groups attached to an aromatic ring is 1. The molecule has 0 saturated carbocycles. The third-order valence-electron chi connectivity index (χ3n) is 4.16. The molecule has 108 valence electrons. The van der Waals surface area contributed by atoms with Gasteiger partial charge in [-0.05, 0) is 19.9 Å². The highest BCUT2D eigenvalue weighted by Gasteiger charge is 2.27. The van der Waals surface area contributed by atoms with Crippen LogP contribution in [0.15, 0.2) is 0 Å². The van der Waals surface area contributed by atoms with Crippen LogP contribution in [0.5, 0.6) is 0 Å². The predicted molar refractivity (Wildman–Crippen MR) is 80.5 cm³/mol. The van der Waals surface area contributed by atoms with Crippen LogP contribution in [0.25, 0.3) is 0 Å². The molecule has 1 aromatic heterocycles. The van der Waals surface area contributed by atoms with Gasteiger partial charge in [-0.2, -0.15) is 5.10 Å². The average molecular weight is 265 g/mol. The zero-order valence-electron chi connectivity index (χ0n) is 12.7. The van der Waals surface area contributed by atoms with Crippen LogP contribution in [0.2, 0.25) is 0 Å². The lowest BCUT2D eigenvalue weighted by molar-refractivity contribution is 0.212. The molecule has 1 saturated heterocycles. The third-order valence-corrected chi connectivity index (χ3v) is 4.16. The Morgan fingerprint density at radius 2 is 2.00 bits per heavy atom. The smallest absolute Gasteiger partial charge is 0.150 e. The Balaban J connectivity index is 2.22. The number of likely N-dealkylation sites (N-methyl/N-ethyl adjacent to an activating group) is 1. The summed E-state index contributed by atoms with van der Waals surface area (Å²) in [7, 11) is 4.21. The predicted octanol–water partition coefficient (Wildman–Crippen LogP) is 1.49. The molecular weight excluding hydrogens is 238 g/mol. The maximum atomic E-state index is 6.30. The largest absolute Gasteiger partial charge is 0.394 e. The lowest BCUT2D eigenvalue weighted by Crippen LogP contribution is -2.51. The number of piperazine rings is 1. The molecule has 2 heterocycles. The van der Waals surface area contributed by atoms with E-state index in [4.69, 9.17) is 5.73 Å². The molecule has 1 atom stereocenters. The second-order valence-electron chi connectivity index (χ2n) is 5.55. The number of nitrogens with two attached hydrogens (primary N) is 1. The van der Waals surface area contributed by atoms with Crippen LogP contribution in [-0.2, 0) is 13.5 Å². The Morgan fingerprint density at radius 1 is 1.26 bits per heavy atom. The molecule has 0 aromatic carbocycles. The standard InChI is InChI=1S/C14H27N5/c1-5-7-12-13(15)14(18(4)16-12)19-9-8-17(3)11(6-2)10-19/h11H,5-10,15H2,1-4H3. The highest BCUT2D eigenvalue weighted by Crippen LogP contribution is 2.29. The number of aromatic nitrogens is 2. The summed E-state index contributed by atoms with van der Waals surface area (Å²) < 4.78 is 1.96. The number of hydrogen-bond acceptors (Lipinski definition) is 4. The van der Waals surface area contributed by atoms with Crippen LogP contribution < -0.4 is 10.6 Å². The molecule has 0 spiro atoms. The number of aryl methyl sites for hydroxylation is 2. The van der Waals surface area contributed by atoms with Crippen molar-refractivity contribution in [1.29, 1.82) is 0 Å². The van der Waals surface area contributed by atoms with E-state index in [0.29, 0.717) is 6.04 Å². The van der Waals surface area contributed by atoms with E-state index in [1.807, 2.05) is 11.7 Å². The van der Waals surface area contributed by atoms with Crippen LogP contribution in [0, 0.1) is 0 Å². The van der Waals surface area contributed by atoms with Crippen molar-refractivity contribution in [3.05, 3.63) is 5.69 Å². The summed E-state index contributed by atoms with van der Waals surface area (Å²) >= 11 is 0. The molecule has 1 aromatic rings. The van der Waals surface area contributed by atoms with E-state index in [9.17, 15) is 0 Å². The van der Waals surface area contributed by atoms with Gasteiger partial charge in [-0.3, -0.25) is 9.58 Å². The monoisotopic (exact) mass is 265 g/mol. The van der Waals surface area contributed by atoms with Gasteiger partial charge in [0.2, 0.25) is 0 Å². The van der Waals surface area contributed by atoms with Gasteiger partial charge in [0.05, 0.1) is 11.4 Å². The zero-order chi connectivity index (χ0) is 14.0. The summed E-state index contributed by atoms with van der Waals surface area (Å²) in [5, 5.41) is 4.58. The van der Waals surface area contributed by atoms with Gasteiger partial charge in [0.15, 0.2) is 5.82 Å². The zero-order valence-corrected chi connectivity index (χ0v) is 12.7. The van der Waals surface area contributed by atoms with E-state index < -0.39 is 0 Å². The minimum absolute atomic E-state index is 0.609. The minimum Gasteiger partial charge on any atom is -0.394 e. The van der Waals surface area contributed by atoms with E-state index in [1.54, 1.807) is 0 Å². The summed E-state index contributed by atoms with van der Waals surface area (Å²) in [4.78, 5) is 4.84. The first-order chi connectivity index (χ1) is 9.08. The fourth-order valence-corrected chi connectivity index (χ4v) is 2.96. The molecular formula is C14H27N5. The molecule has 1 fully saturated rings. The van der Waals surface area contributed by atoms with Gasteiger partial charge in [0, 0.05) is 32.7 Å². The van der Waals surface area contributed by atoms with E-state index in [2.05, 4.69) is 35.8 Å². The van der Waals surface area contributed by atoms with Crippen molar-refractivity contribution in [2.45, 2.75) is 39.2 Å². The van der Waals surface area contributed by atoms with Gasteiger partial charge in [-0.1, -0.05) is 20.3 Å². The molecule has 2 N–H and O–H groups in total. The molecule has 1 unspecified atom stereocenters. The quantitative estimate of drug-likeness (QED) is 0.896. The van der Waals surface area contributed by atoms with Crippen molar-refractivity contribution in [1.82, 2.24) is 14.7 Å². The molecule has 0 bridgehead atoms. The maximum absolute atomic E-state index is 6.30. The van der Waals surface area contributed by atoms with E-state index in [1.165, 1.54) is 6.42 Å². The Bertz CT molecular complexity index is 426. The second-order valence-corrected chi connectivity index (χ2v) is 5.55. The normalized spacial score (nSPS) is 21.1. The number of rotatable bonds is 4. The van der Waals surface area contributed by atoms with Crippen LogP contribution in [0.1, 0.15) is 32.4 Å². The molecule has 1 aliphatic heterocycles. The summed E-state index contributed by atoms with van der Waals surface area (Å²) in [5.74, 6) is 1.11. The summed E-state index contributed by atoms with van der Waals surface area (Å²) in [6.07, 6.45) is 3.22. The molecule has 2 rings (SSSR count). The molecule has 5 nitrogen and oxygen atoms in total. The fourth-order valence-electron chi connectivity index (χ4n) is 2.96. The number of nitrogens with zero attached hydrogens (tertiary/aromatic N) is 4. The summed E-state index contributed by atoms with van der Waals surface area (Å²) in [5.41, 5.74) is 8.23. The minimum atomic E-state index is 0.609. The van der Waals surface area contributed by atoms with Gasteiger partial charge >= 0.3 is 0 Å². The first-order valence-electron chi connectivity index (χ1n) is 7.35. The molecule has 0 radical (unpaired) electrons. The van der Waals surface area contributed by atoms with Gasteiger partial charge in [0.25, 0.3) is 0 Å². The van der Waals surface area contributed by atoms with Gasteiger partial charge in [-0.25, -0.2) is 0 Å². The number of anilines is 2.